The number of carbonyl (C=O) groups is 2. The van der Waals surface area contributed by atoms with E-state index in [2.05, 4.69) is 9.88 Å². The van der Waals surface area contributed by atoms with E-state index in [0.29, 0.717) is 18.8 Å². The molecule has 1 aromatic rings. The molecule has 0 saturated carbocycles. The first-order valence-electron chi connectivity index (χ1n) is 7.01. The predicted molar refractivity (Wildman–Crippen MR) is 71.8 cm³/mol. The molecule has 1 N–H and O–H groups in total. The van der Waals surface area contributed by atoms with Crippen molar-refractivity contribution in [2.75, 3.05) is 33.2 Å². The fraction of sp³-hybridized carbons (Fsp3) is 0.571. The number of aromatic amines is 1. The van der Waals surface area contributed by atoms with Gasteiger partial charge in [0, 0.05) is 43.9 Å². The lowest BCUT2D eigenvalue weighted by Gasteiger charge is -2.32. The van der Waals surface area contributed by atoms with Crippen molar-refractivity contribution in [1.82, 2.24) is 14.8 Å². The Labute approximate surface area is 120 Å². The summed E-state index contributed by atoms with van der Waals surface area (Å²) in [4.78, 5) is 30.7. The van der Waals surface area contributed by atoms with Crippen LogP contribution < -0.4 is 0 Å². The Morgan fingerprint density at radius 1 is 1.29 bits per heavy atom. The zero-order valence-corrected chi connectivity index (χ0v) is 11.8. The van der Waals surface area contributed by atoms with Gasteiger partial charge in [0.2, 0.25) is 5.78 Å². The maximum atomic E-state index is 13.4. The minimum Gasteiger partial charge on any atom is -0.354 e. The topological polar surface area (TPSA) is 56.4 Å². The molecule has 114 valence electrons. The standard InChI is InChI=1S/C14H17F2N3O2/c1-18-4-6-19(7-5-18)13(21)11-8-9-10(17-11)2-3-14(15,16)12(9)20/h8,17H,2-7H2,1H3. The van der Waals surface area contributed by atoms with E-state index in [1.54, 1.807) is 4.90 Å². The van der Waals surface area contributed by atoms with Gasteiger partial charge in [0.15, 0.2) is 0 Å². The number of aromatic nitrogens is 1. The summed E-state index contributed by atoms with van der Waals surface area (Å²) in [6.07, 6.45) is -0.411. The quantitative estimate of drug-likeness (QED) is 0.846. The number of alkyl halides is 2. The van der Waals surface area contributed by atoms with Crippen LogP contribution in [0.15, 0.2) is 6.07 Å². The van der Waals surface area contributed by atoms with Crippen LogP contribution in [-0.2, 0) is 6.42 Å². The zero-order chi connectivity index (χ0) is 15.2. The highest BCUT2D eigenvalue weighted by Gasteiger charge is 2.44. The number of ketones is 1. The average molecular weight is 297 g/mol. The summed E-state index contributed by atoms with van der Waals surface area (Å²) in [5.41, 5.74) is 0.641. The van der Waals surface area contributed by atoms with Gasteiger partial charge in [-0.15, -0.1) is 0 Å². The van der Waals surface area contributed by atoms with Crippen LogP contribution in [0.4, 0.5) is 8.78 Å². The third kappa shape index (κ3) is 2.46. The fourth-order valence-electron chi connectivity index (χ4n) is 2.78. The number of aryl methyl sites for hydroxylation is 1. The van der Waals surface area contributed by atoms with Crippen molar-refractivity contribution in [3.63, 3.8) is 0 Å². The van der Waals surface area contributed by atoms with Crippen molar-refractivity contribution >= 4 is 11.7 Å². The lowest BCUT2D eigenvalue weighted by atomic mass is 9.93. The number of amides is 1. The number of H-pyrrole nitrogens is 1. The Morgan fingerprint density at radius 2 is 1.95 bits per heavy atom. The molecule has 21 heavy (non-hydrogen) atoms. The molecule has 0 spiro atoms. The average Bonchev–Trinajstić information content (AvgIpc) is 2.88. The lowest BCUT2D eigenvalue weighted by molar-refractivity contribution is 0.00188. The third-order valence-electron chi connectivity index (χ3n) is 4.19. The smallest absolute Gasteiger partial charge is 0.310 e. The molecule has 1 amide bonds. The van der Waals surface area contributed by atoms with E-state index in [1.807, 2.05) is 7.05 Å². The van der Waals surface area contributed by atoms with E-state index in [1.165, 1.54) is 6.07 Å². The summed E-state index contributed by atoms with van der Waals surface area (Å²) in [5, 5.41) is 0. The summed E-state index contributed by atoms with van der Waals surface area (Å²) in [5.74, 6) is -4.73. The molecule has 1 aromatic heterocycles. The number of nitrogens with zero attached hydrogens (tertiary/aromatic N) is 2. The Kier molecular flexibility index (Phi) is 3.32. The van der Waals surface area contributed by atoms with Crippen molar-refractivity contribution in [1.29, 1.82) is 0 Å². The Morgan fingerprint density at radius 3 is 2.62 bits per heavy atom. The molecular formula is C14H17F2N3O2. The van der Waals surface area contributed by atoms with Gasteiger partial charge in [-0.05, 0) is 19.5 Å². The second-order valence-electron chi connectivity index (χ2n) is 5.70. The van der Waals surface area contributed by atoms with Gasteiger partial charge in [-0.1, -0.05) is 0 Å². The van der Waals surface area contributed by atoms with Crippen LogP contribution in [0.1, 0.15) is 33.0 Å². The number of hydrogen-bond acceptors (Lipinski definition) is 3. The van der Waals surface area contributed by atoms with Gasteiger partial charge in [-0.3, -0.25) is 9.59 Å². The third-order valence-corrected chi connectivity index (χ3v) is 4.19. The molecule has 3 rings (SSSR count). The van der Waals surface area contributed by atoms with Gasteiger partial charge in [0.05, 0.1) is 0 Å². The van der Waals surface area contributed by atoms with Crippen molar-refractivity contribution in [2.24, 2.45) is 0 Å². The lowest BCUT2D eigenvalue weighted by Crippen LogP contribution is -2.47. The molecule has 2 heterocycles. The Hall–Kier alpha value is -1.76. The summed E-state index contributed by atoms with van der Waals surface area (Å²) < 4.78 is 26.8. The molecule has 0 aromatic carbocycles. The normalized spacial score (nSPS) is 22.2. The summed E-state index contributed by atoms with van der Waals surface area (Å²) >= 11 is 0. The molecule has 0 radical (unpaired) electrons. The van der Waals surface area contributed by atoms with E-state index < -0.39 is 18.1 Å². The molecule has 5 nitrogen and oxygen atoms in total. The first-order valence-corrected chi connectivity index (χ1v) is 7.01. The number of Topliss-reactive ketones (excluding diaryl/α,β-unsaturated/α-hetero) is 1. The number of halogens is 2. The molecule has 0 atom stereocenters. The van der Waals surface area contributed by atoms with Crippen molar-refractivity contribution in [2.45, 2.75) is 18.8 Å². The number of rotatable bonds is 1. The molecule has 7 heteroatoms. The Bertz CT molecular complexity index is 589. The van der Waals surface area contributed by atoms with Crippen LogP contribution in [0, 0.1) is 0 Å². The maximum Gasteiger partial charge on any atom is 0.310 e. The van der Waals surface area contributed by atoms with Crippen molar-refractivity contribution in [3.8, 4) is 0 Å². The van der Waals surface area contributed by atoms with E-state index in [4.69, 9.17) is 0 Å². The van der Waals surface area contributed by atoms with Gasteiger partial charge < -0.3 is 14.8 Å². The first-order chi connectivity index (χ1) is 9.88. The van der Waals surface area contributed by atoms with Gasteiger partial charge in [-0.25, -0.2) is 0 Å². The predicted octanol–water partition coefficient (Wildman–Crippen LogP) is 1.17. The van der Waals surface area contributed by atoms with Gasteiger partial charge in [0.1, 0.15) is 5.69 Å². The minimum absolute atomic E-state index is 0.0382. The van der Waals surface area contributed by atoms with E-state index in [0.717, 1.165) is 13.1 Å². The summed E-state index contributed by atoms with van der Waals surface area (Å²) in [6, 6.07) is 1.28. The molecular weight excluding hydrogens is 280 g/mol. The van der Waals surface area contributed by atoms with Crippen LogP contribution in [0.3, 0.4) is 0 Å². The fourth-order valence-corrected chi connectivity index (χ4v) is 2.78. The molecule has 0 unspecified atom stereocenters. The number of hydrogen-bond donors (Lipinski definition) is 1. The highest BCUT2D eigenvalue weighted by Crippen LogP contribution is 2.33. The zero-order valence-electron chi connectivity index (χ0n) is 11.8. The number of nitrogens with one attached hydrogen (secondary N) is 1. The van der Waals surface area contributed by atoms with Gasteiger partial charge >= 0.3 is 5.92 Å². The van der Waals surface area contributed by atoms with Crippen LogP contribution >= 0.6 is 0 Å². The van der Waals surface area contributed by atoms with Crippen molar-refractivity contribution < 1.29 is 18.4 Å². The number of carbonyl (C=O) groups excluding carboxylic acids is 2. The van der Waals surface area contributed by atoms with Crippen molar-refractivity contribution in [3.05, 3.63) is 23.0 Å². The second-order valence-corrected chi connectivity index (χ2v) is 5.70. The minimum atomic E-state index is -3.32. The SMILES string of the molecule is CN1CCN(C(=O)c2cc3c([nH]2)CCC(F)(F)C3=O)CC1. The van der Waals surface area contributed by atoms with Crippen LogP contribution in [0.25, 0.3) is 0 Å². The molecule has 1 aliphatic heterocycles. The molecule has 2 aliphatic rings. The molecule has 0 bridgehead atoms. The largest absolute Gasteiger partial charge is 0.354 e. The highest BCUT2D eigenvalue weighted by molar-refractivity contribution is 6.05. The molecule has 1 saturated heterocycles. The monoisotopic (exact) mass is 297 g/mol. The van der Waals surface area contributed by atoms with E-state index in [-0.39, 0.29) is 23.6 Å². The highest BCUT2D eigenvalue weighted by atomic mass is 19.3. The Balaban J connectivity index is 1.82. The number of piperazine rings is 1. The van der Waals surface area contributed by atoms with Crippen LogP contribution in [0.5, 0.6) is 0 Å². The first kappa shape index (κ1) is 14.2. The summed E-state index contributed by atoms with van der Waals surface area (Å²) in [7, 11) is 1.98. The van der Waals surface area contributed by atoms with E-state index in [9.17, 15) is 18.4 Å². The summed E-state index contributed by atoms with van der Waals surface area (Å²) in [6.45, 7) is 2.76. The van der Waals surface area contributed by atoms with Crippen LogP contribution in [0.2, 0.25) is 0 Å². The van der Waals surface area contributed by atoms with Gasteiger partial charge in [-0.2, -0.15) is 8.78 Å². The molecule has 1 fully saturated rings. The van der Waals surface area contributed by atoms with Crippen LogP contribution in [-0.4, -0.2) is 65.6 Å². The van der Waals surface area contributed by atoms with E-state index >= 15 is 0 Å². The second kappa shape index (κ2) is 4.91. The van der Waals surface area contributed by atoms with Gasteiger partial charge in [0.25, 0.3) is 5.91 Å². The molecule has 1 aliphatic carbocycles. The number of likely N-dealkylation sites (N-methyl/N-ethyl adjacent to an activating group) is 1. The maximum absolute atomic E-state index is 13.4. The number of fused-ring (bicyclic) bond motifs is 1.